The monoisotopic (exact) mass is 344 g/mol. The van der Waals surface area contributed by atoms with E-state index in [0.29, 0.717) is 22.1 Å². The molecule has 0 spiro atoms. The number of nitrogens with one attached hydrogen (secondary N) is 1. The van der Waals surface area contributed by atoms with Gasteiger partial charge in [-0.1, -0.05) is 22.9 Å². The second kappa shape index (κ2) is 6.41. The summed E-state index contributed by atoms with van der Waals surface area (Å²) >= 11 is 6.21. The largest absolute Gasteiger partial charge is 0.321 e. The number of aryl methyl sites for hydroxylation is 1. The first-order valence-corrected chi connectivity index (χ1v) is 7.59. The molecule has 0 aliphatic heterocycles. The number of aromatic nitrogens is 3. The highest BCUT2D eigenvalue weighted by molar-refractivity contribution is 6.32. The lowest BCUT2D eigenvalue weighted by Gasteiger charge is -2.07. The zero-order chi connectivity index (χ0) is 17.3. The summed E-state index contributed by atoms with van der Waals surface area (Å²) in [7, 11) is 0. The highest BCUT2D eigenvalue weighted by atomic mass is 35.5. The summed E-state index contributed by atoms with van der Waals surface area (Å²) in [5, 5.41) is 11.1. The Morgan fingerprint density at radius 3 is 2.58 bits per heavy atom. The minimum absolute atomic E-state index is 0.178. The van der Waals surface area contributed by atoms with Crippen molar-refractivity contribution in [1.82, 2.24) is 15.0 Å². The zero-order valence-electron chi connectivity index (χ0n) is 13.0. The molecule has 0 unspecified atom stereocenters. The van der Waals surface area contributed by atoms with Crippen molar-refractivity contribution in [3.63, 3.8) is 0 Å². The van der Waals surface area contributed by atoms with Crippen molar-refractivity contribution in [2.45, 2.75) is 13.8 Å². The predicted octanol–water partition coefficient (Wildman–Crippen LogP) is 3.93. The number of hydrogen-bond acceptors (Lipinski definition) is 3. The zero-order valence-corrected chi connectivity index (χ0v) is 13.8. The standard InChI is InChI=1S/C17H14ClFN4O/c1-10-3-8-14(18)15(9-10)23-11(2)16(21-22-23)17(24)20-13-6-4-12(19)5-7-13/h3-9H,1-2H3,(H,20,24). The third kappa shape index (κ3) is 3.14. The number of halogens is 2. The lowest BCUT2D eigenvalue weighted by atomic mass is 10.2. The normalized spacial score (nSPS) is 10.7. The molecule has 122 valence electrons. The van der Waals surface area contributed by atoms with E-state index in [1.54, 1.807) is 13.0 Å². The highest BCUT2D eigenvalue weighted by Crippen LogP contribution is 2.23. The number of carbonyl (C=O) groups is 1. The highest BCUT2D eigenvalue weighted by Gasteiger charge is 2.18. The molecule has 1 aromatic heterocycles. The molecule has 0 saturated carbocycles. The quantitative estimate of drug-likeness (QED) is 0.783. The number of hydrogen-bond donors (Lipinski definition) is 1. The summed E-state index contributed by atoms with van der Waals surface area (Å²) in [5.41, 5.74) is 2.88. The number of rotatable bonds is 3. The summed E-state index contributed by atoms with van der Waals surface area (Å²) in [4.78, 5) is 12.4. The maximum atomic E-state index is 12.9. The van der Waals surface area contributed by atoms with Crippen molar-refractivity contribution in [1.29, 1.82) is 0 Å². The fourth-order valence-electron chi connectivity index (χ4n) is 2.28. The van der Waals surface area contributed by atoms with E-state index in [9.17, 15) is 9.18 Å². The minimum Gasteiger partial charge on any atom is -0.321 e. The predicted molar refractivity (Wildman–Crippen MR) is 90.2 cm³/mol. The van der Waals surface area contributed by atoms with Crippen LogP contribution in [0.4, 0.5) is 10.1 Å². The van der Waals surface area contributed by atoms with Crippen LogP contribution in [-0.4, -0.2) is 20.9 Å². The average Bonchev–Trinajstić information content (AvgIpc) is 2.93. The van der Waals surface area contributed by atoms with Gasteiger partial charge in [-0.05, 0) is 55.8 Å². The molecular weight excluding hydrogens is 331 g/mol. The van der Waals surface area contributed by atoms with Gasteiger partial charge in [-0.3, -0.25) is 4.79 Å². The molecule has 1 heterocycles. The summed E-state index contributed by atoms with van der Waals surface area (Å²) in [5.74, 6) is -0.793. The maximum absolute atomic E-state index is 12.9. The van der Waals surface area contributed by atoms with E-state index in [1.807, 2.05) is 19.1 Å². The smallest absolute Gasteiger partial charge is 0.278 e. The number of amides is 1. The van der Waals surface area contributed by atoms with Gasteiger partial charge in [0.05, 0.1) is 16.4 Å². The molecule has 2 aromatic carbocycles. The first-order chi connectivity index (χ1) is 11.5. The van der Waals surface area contributed by atoms with Gasteiger partial charge in [0, 0.05) is 5.69 Å². The van der Waals surface area contributed by atoms with Crippen LogP contribution >= 0.6 is 11.6 Å². The van der Waals surface area contributed by atoms with E-state index in [2.05, 4.69) is 15.6 Å². The number of anilines is 1. The van der Waals surface area contributed by atoms with Crippen LogP contribution in [0.15, 0.2) is 42.5 Å². The fourth-order valence-corrected chi connectivity index (χ4v) is 2.47. The first kappa shape index (κ1) is 16.1. The van der Waals surface area contributed by atoms with E-state index >= 15 is 0 Å². The van der Waals surface area contributed by atoms with Crippen LogP contribution in [0.2, 0.25) is 5.02 Å². The Hall–Kier alpha value is -2.73. The van der Waals surface area contributed by atoms with Crippen LogP contribution in [0.25, 0.3) is 5.69 Å². The van der Waals surface area contributed by atoms with Gasteiger partial charge >= 0.3 is 0 Å². The van der Waals surface area contributed by atoms with E-state index in [-0.39, 0.29) is 11.5 Å². The van der Waals surface area contributed by atoms with Gasteiger partial charge < -0.3 is 5.32 Å². The van der Waals surface area contributed by atoms with Crippen molar-refractivity contribution in [2.75, 3.05) is 5.32 Å². The van der Waals surface area contributed by atoms with Crippen LogP contribution in [0.5, 0.6) is 0 Å². The van der Waals surface area contributed by atoms with Crippen LogP contribution < -0.4 is 5.32 Å². The summed E-state index contributed by atoms with van der Waals surface area (Å²) in [6.45, 7) is 3.67. The molecule has 0 bridgehead atoms. The number of carbonyl (C=O) groups excluding carboxylic acids is 1. The molecule has 1 amide bonds. The van der Waals surface area contributed by atoms with E-state index < -0.39 is 5.91 Å². The minimum atomic E-state index is -0.422. The second-order valence-corrected chi connectivity index (χ2v) is 5.76. The topological polar surface area (TPSA) is 59.8 Å². The molecule has 5 nitrogen and oxygen atoms in total. The van der Waals surface area contributed by atoms with E-state index in [0.717, 1.165) is 5.56 Å². The summed E-state index contributed by atoms with van der Waals surface area (Å²) < 4.78 is 14.4. The molecule has 7 heteroatoms. The average molecular weight is 345 g/mol. The SMILES string of the molecule is Cc1ccc(Cl)c(-n2nnc(C(=O)Nc3ccc(F)cc3)c2C)c1. The molecule has 0 fully saturated rings. The molecule has 3 aromatic rings. The third-order valence-electron chi connectivity index (χ3n) is 3.54. The lowest BCUT2D eigenvalue weighted by Crippen LogP contribution is -2.14. The summed E-state index contributed by atoms with van der Waals surface area (Å²) in [6, 6.07) is 11.0. The summed E-state index contributed by atoms with van der Waals surface area (Å²) in [6.07, 6.45) is 0. The van der Waals surface area contributed by atoms with E-state index in [4.69, 9.17) is 11.6 Å². The Kier molecular flexibility index (Phi) is 4.31. The Bertz CT molecular complexity index is 905. The van der Waals surface area contributed by atoms with Gasteiger partial charge in [0.15, 0.2) is 5.69 Å². The van der Waals surface area contributed by atoms with Crippen LogP contribution in [0, 0.1) is 19.7 Å². The first-order valence-electron chi connectivity index (χ1n) is 7.21. The third-order valence-corrected chi connectivity index (χ3v) is 3.86. The molecule has 0 aliphatic rings. The van der Waals surface area contributed by atoms with Crippen molar-refractivity contribution in [3.8, 4) is 5.69 Å². The molecule has 24 heavy (non-hydrogen) atoms. The number of nitrogens with zero attached hydrogens (tertiary/aromatic N) is 3. The van der Waals surface area contributed by atoms with Crippen molar-refractivity contribution >= 4 is 23.2 Å². The maximum Gasteiger partial charge on any atom is 0.278 e. The molecule has 3 rings (SSSR count). The Morgan fingerprint density at radius 2 is 1.88 bits per heavy atom. The Balaban J connectivity index is 1.90. The molecule has 0 aliphatic carbocycles. The molecule has 0 atom stereocenters. The van der Waals surface area contributed by atoms with E-state index in [1.165, 1.54) is 28.9 Å². The van der Waals surface area contributed by atoms with Gasteiger partial charge in [0.2, 0.25) is 0 Å². The van der Waals surface area contributed by atoms with Crippen molar-refractivity contribution in [2.24, 2.45) is 0 Å². The van der Waals surface area contributed by atoms with Crippen LogP contribution in [0.3, 0.4) is 0 Å². The van der Waals surface area contributed by atoms with Gasteiger partial charge in [0.25, 0.3) is 5.91 Å². The molecule has 0 radical (unpaired) electrons. The molecular formula is C17H14ClFN4O. The fraction of sp³-hybridized carbons (Fsp3) is 0.118. The van der Waals surface area contributed by atoms with Crippen LogP contribution in [-0.2, 0) is 0 Å². The Morgan fingerprint density at radius 1 is 1.17 bits per heavy atom. The number of benzene rings is 2. The van der Waals surface area contributed by atoms with Crippen LogP contribution in [0.1, 0.15) is 21.7 Å². The van der Waals surface area contributed by atoms with Crippen molar-refractivity contribution in [3.05, 3.63) is 70.3 Å². The van der Waals surface area contributed by atoms with Gasteiger partial charge in [0.1, 0.15) is 5.82 Å². The lowest BCUT2D eigenvalue weighted by molar-refractivity contribution is 0.102. The van der Waals surface area contributed by atoms with Gasteiger partial charge in [-0.15, -0.1) is 5.10 Å². The van der Waals surface area contributed by atoms with Gasteiger partial charge in [-0.2, -0.15) is 0 Å². The molecule has 1 N–H and O–H groups in total. The van der Waals surface area contributed by atoms with Crippen molar-refractivity contribution < 1.29 is 9.18 Å². The Labute approximate surface area is 143 Å². The van der Waals surface area contributed by atoms with Gasteiger partial charge in [-0.25, -0.2) is 9.07 Å². The molecule has 0 saturated heterocycles. The second-order valence-electron chi connectivity index (χ2n) is 5.35.